The van der Waals surface area contributed by atoms with Crippen molar-refractivity contribution in [2.75, 3.05) is 58.7 Å². The highest BCUT2D eigenvalue weighted by molar-refractivity contribution is 7.88. The van der Waals surface area contributed by atoms with E-state index in [4.69, 9.17) is 4.74 Å². The normalized spacial score (nSPS) is 25.9. The fourth-order valence-electron chi connectivity index (χ4n) is 2.29. The maximum absolute atomic E-state index is 11.4. The van der Waals surface area contributed by atoms with E-state index in [0.29, 0.717) is 13.1 Å². The smallest absolute Gasteiger partial charge is 0.211 e. The van der Waals surface area contributed by atoms with Crippen molar-refractivity contribution in [3.05, 3.63) is 0 Å². The van der Waals surface area contributed by atoms with Crippen LogP contribution in [0.5, 0.6) is 0 Å². The molecule has 2 fully saturated rings. The molecule has 0 unspecified atom stereocenters. The molecule has 6 nitrogen and oxygen atoms in total. The van der Waals surface area contributed by atoms with Gasteiger partial charge in [-0.25, -0.2) is 8.42 Å². The Morgan fingerprint density at radius 2 is 1.83 bits per heavy atom. The van der Waals surface area contributed by atoms with E-state index in [1.165, 1.54) is 6.26 Å². The van der Waals surface area contributed by atoms with E-state index in [0.717, 1.165) is 39.3 Å². The summed E-state index contributed by atoms with van der Waals surface area (Å²) >= 11 is 0. The van der Waals surface area contributed by atoms with Crippen LogP contribution in [-0.4, -0.2) is 81.9 Å². The summed E-state index contributed by atoms with van der Waals surface area (Å²) in [5, 5.41) is 3.20. The monoisotopic (exact) mass is 277 g/mol. The molecule has 0 aliphatic carbocycles. The van der Waals surface area contributed by atoms with E-state index in [-0.39, 0.29) is 5.60 Å². The first-order chi connectivity index (χ1) is 8.39. The molecule has 0 amide bonds. The lowest BCUT2D eigenvalue weighted by Gasteiger charge is -2.40. The third-order valence-electron chi connectivity index (χ3n) is 3.66. The zero-order chi connectivity index (χ0) is 13.2. The molecule has 1 N–H and O–H groups in total. The molecule has 0 radical (unpaired) electrons. The predicted octanol–water partition coefficient (Wildman–Crippen LogP) is -1.06. The molecule has 0 saturated carbocycles. The molecule has 2 aliphatic heterocycles. The van der Waals surface area contributed by atoms with E-state index in [9.17, 15) is 8.42 Å². The molecule has 0 spiro atoms. The quantitative estimate of drug-likeness (QED) is 0.694. The van der Waals surface area contributed by atoms with Crippen LogP contribution in [-0.2, 0) is 14.8 Å². The van der Waals surface area contributed by atoms with E-state index in [2.05, 4.69) is 17.1 Å². The Bertz CT molecular complexity index is 373. The Balaban J connectivity index is 1.65. The van der Waals surface area contributed by atoms with Gasteiger partial charge in [0.05, 0.1) is 18.5 Å². The molecule has 2 saturated heterocycles. The molecule has 0 aromatic rings. The van der Waals surface area contributed by atoms with Crippen molar-refractivity contribution in [2.24, 2.45) is 0 Å². The minimum atomic E-state index is -3.02. The molecular weight excluding hydrogens is 254 g/mol. The van der Waals surface area contributed by atoms with E-state index in [1.54, 1.807) is 4.31 Å². The van der Waals surface area contributed by atoms with Gasteiger partial charge in [-0.2, -0.15) is 4.31 Å². The summed E-state index contributed by atoms with van der Waals surface area (Å²) in [7, 11) is -3.02. The van der Waals surface area contributed by atoms with Crippen LogP contribution in [0.1, 0.15) is 6.92 Å². The van der Waals surface area contributed by atoms with Gasteiger partial charge < -0.3 is 10.1 Å². The lowest BCUT2D eigenvalue weighted by atomic mass is 10.0. The highest BCUT2D eigenvalue weighted by atomic mass is 32.2. The molecule has 2 rings (SSSR count). The summed E-state index contributed by atoms with van der Waals surface area (Å²) < 4.78 is 30.1. The highest BCUT2D eigenvalue weighted by Crippen LogP contribution is 2.15. The minimum absolute atomic E-state index is 0.00851. The number of ether oxygens (including phenoxy) is 1. The van der Waals surface area contributed by atoms with Crippen molar-refractivity contribution >= 4 is 10.0 Å². The topological polar surface area (TPSA) is 61.9 Å². The fourth-order valence-corrected chi connectivity index (χ4v) is 3.11. The van der Waals surface area contributed by atoms with Crippen molar-refractivity contribution in [1.82, 2.24) is 14.5 Å². The second-order valence-electron chi connectivity index (χ2n) is 5.41. The molecule has 106 valence electrons. The van der Waals surface area contributed by atoms with Gasteiger partial charge in [0, 0.05) is 45.8 Å². The number of nitrogens with zero attached hydrogens (tertiary/aromatic N) is 2. The second kappa shape index (κ2) is 5.42. The van der Waals surface area contributed by atoms with Crippen molar-refractivity contribution in [2.45, 2.75) is 12.5 Å². The number of hydrogen-bond donors (Lipinski definition) is 1. The lowest BCUT2D eigenvalue weighted by molar-refractivity contribution is -0.0732. The summed E-state index contributed by atoms with van der Waals surface area (Å²) in [5.74, 6) is 0. The van der Waals surface area contributed by atoms with Crippen molar-refractivity contribution in [3.8, 4) is 0 Å². The first kappa shape index (κ1) is 14.2. The zero-order valence-corrected chi connectivity index (χ0v) is 12.0. The van der Waals surface area contributed by atoms with Crippen LogP contribution in [0.3, 0.4) is 0 Å². The maximum atomic E-state index is 11.4. The number of nitrogens with one attached hydrogen (secondary N) is 1. The molecule has 0 bridgehead atoms. The van der Waals surface area contributed by atoms with Crippen LogP contribution in [0.25, 0.3) is 0 Å². The van der Waals surface area contributed by atoms with Crippen molar-refractivity contribution in [3.63, 3.8) is 0 Å². The number of hydrogen-bond acceptors (Lipinski definition) is 5. The summed E-state index contributed by atoms with van der Waals surface area (Å²) in [6.45, 7) is 8.35. The summed E-state index contributed by atoms with van der Waals surface area (Å²) in [4.78, 5) is 2.26. The molecule has 18 heavy (non-hydrogen) atoms. The number of piperazine rings is 1. The average Bonchev–Trinajstić information content (AvgIpc) is 2.26. The van der Waals surface area contributed by atoms with E-state index in [1.807, 2.05) is 0 Å². The van der Waals surface area contributed by atoms with Gasteiger partial charge in [0.25, 0.3) is 0 Å². The van der Waals surface area contributed by atoms with Gasteiger partial charge in [0.1, 0.15) is 0 Å². The Morgan fingerprint density at radius 3 is 2.28 bits per heavy atom. The molecule has 7 heteroatoms. The van der Waals surface area contributed by atoms with Gasteiger partial charge in [-0.05, 0) is 6.92 Å². The number of rotatable bonds is 5. The molecular formula is C11H23N3O3S. The SMILES string of the molecule is CC1(OCCN2CCN(S(C)(=O)=O)CC2)CNC1. The van der Waals surface area contributed by atoms with Gasteiger partial charge in [0.2, 0.25) is 10.0 Å². The predicted molar refractivity (Wildman–Crippen MR) is 70.1 cm³/mol. The first-order valence-electron chi connectivity index (χ1n) is 6.41. The zero-order valence-electron chi connectivity index (χ0n) is 11.2. The highest BCUT2D eigenvalue weighted by Gasteiger charge is 2.32. The van der Waals surface area contributed by atoms with Gasteiger partial charge in [-0.15, -0.1) is 0 Å². The summed E-state index contributed by atoms with van der Waals surface area (Å²) in [6, 6.07) is 0. The second-order valence-corrected chi connectivity index (χ2v) is 7.39. The van der Waals surface area contributed by atoms with Crippen LogP contribution >= 0.6 is 0 Å². The third-order valence-corrected chi connectivity index (χ3v) is 4.96. The lowest BCUT2D eigenvalue weighted by Crippen LogP contribution is -2.59. The standard InChI is InChI=1S/C11H23N3O3S/c1-11(9-12-10-11)17-8-7-13-3-5-14(6-4-13)18(2,15)16/h12H,3-10H2,1-2H3. The maximum Gasteiger partial charge on any atom is 0.211 e. The third kappa shape index (κ3) is 3.64. The van der Waals surface area contributed by atoms with Crippen LogP contribution in [0, 0.1) is 0 Å². The van der Waals surface area contributed by atoms with Crippen molar-refractivity contribution in [1.29, 1.82) is 0 Å². The van der Waals surface area contributed by atoms with Gasteiger partial charge in [-0.1, -0.05) is 0 Å². The fraction of sp³-hybridized carbons (Fsp3) is 1.00. The molecule has 2 aliphatic rings. The van der Waals surface area contributed by atoms with Gasteiger partial charge in [-0.3, -0.25) is 4.90 Å². The Morgan fingerprint density at radius 1 is 1.22 bits per heavy atom. The first-order valence-corrected chi connectivity index (χ1v) is 8.26. The van der Waals surface area contributed by atoms with Crippen LogP contribution < -0.4 is 5.32 Å². The van der Waals surface area contributed by atoms with E-state index < -0.39 is 10.0 Å². The Labute approximate surface area is 109 Å². The van der Waals surface area contributed by atoms with Crippen LogP contribution in [0.15, 0.2) is 0 Å². The minimum Gasteiger partial charge on any atom is -0.371 e. The van der Waals surface area contributed by atoms with Crippen LogP contribution in [0.4, 0.5) is 0 Å². The van der Waals surface area contributed by atoms with Crippen LogP contribution in [0.2, 0.25) is 0 Å². The molecule has 0 aromatic heterocycles. The molecule has 0 atom stereocenters. The Kier molecular flexibility index (Phi) is 4.28. The van der Waals surface area contributed by atoms with Gasteiger partial charge in [0.15, 0.2) is 0 Å². The number of sulfonamides is 1. The van der Waals surface area contributed by atoms with Crippen molar-refractivity contribution < 1.29 is 13.2 Å². The average molecular weight is 277 g/mol. The molecule has 2 heterocycles. The molecule has 0 aromatic carbocycles. The van der Waals surface area contributed by atoms with Gasteiger partial charge >= 0.3 is 0 Å². The van der Waals surface area contributed by atoms with E-state index >= 15 is 0 Å². The largest absolute Gasteiger partial charge is 0.371 e. The summed E-state index contributed by atoms with van der Waals surface area (Å²) in [6.07, 6.45) is 1.27. The Hall–Kier alpha value is -0.210. The summed E-state index contributed by atoms with van der Waals surface area (Å²) in [5.41, 5.74) is 0.00851.